The highest BCUT2D eigenvalue weighted by molar-refractivity contribution is 5.66. The predicted molar refractivity (Wildman–Crippen MR) is 63.8 cm³/mol. The Morgan fingerprint density at radius 3 is 2.59 bits per heavy atom. The number of aliphatic hydroxyl groups is 2. The second kappa shape index (κ2) is 10.3. The van der Waals surface area contributed by atoms with Gasteiger partial charge in [0.25, 0.3) is 0 Å². The zero-order valence-electron chi connectivity index (χ0n) is 10.0. The van der Waals surface area contributed by atoms with Gasteiger partial charge in [0.15, 0.2) is 0 Å². The van der Waals surface area contributed by atoms with E-state index in [1.807, 2.05) is 0 Å². The van der Waals surface area contributed by atoms with Crippen LogP contribution in [0.3, 0.4) is 0 Å². The molecule has 5 heteroatoms. The molecule has 0 spiro atoms. The molecule has 0 bridgehead atoms. The van der Waals surface area contributed by atoms with Crippen LogP contribution < -0.4 is 0 Å². The van der Waals surface area contributed by atoms with Crippen molar-refractivity contribution in [2.75, 3.05) is 13.2 Å². The Balaban J connectivity index is 3.55. The van der Waals surface area contributed by atoms with Crippen LogP contribution in [0.15, 0.2) is 12.7 Å². The first-order valence-electron chi connectivity index (χ1n) is 5.85. The summed E-state index contributed by atoms with van der Waals surface area (Å²) >= 11 is 0. The molecule has 0 heterocycles. The number of hydrogen-bond donors (Lipinski definition) is 3. The van der Waals surface area contributed by atoms with Crippen molar-refractivity contribution in [2.45, 2.75) is 44.3 Å². The monoisotopic (exact) mass is 246 g/mol. The highest BCUT2D eigenvalue weighted by Gasteiger charge is 2.17. The first kappa shape index (κ1) is 16.1. The van der Waals surface area contributed by atoms with E-state index in [0.717, 1.165) is 12.8 Å². The highest BCUT2D eigenvalue weighted by Crippen LogP contribution is 2.06. The summed E-state index contributed by atoms with van der Waals surface area (Å²) in [4.78, 5) is 10.2. The van der Waals surface area contributed by atoms with Gasteiger partial charge in [0.2, 0.25) is 0 Å². The molecule has 0 saturated heterocycles. The molecule has 0 aliphatic rings. The van der Waals surface area contributed by atoms with Crippen LogP contribution in [0.4, 0.5) is 0 Å². The van der Waals surface area contributed by atoms with E-state index < -0.39 is 18.2 Å². The topological polar surface area (TPSA) is 87.0 Å². The van der Waals surface area contributed by atoms with Crippen LogP contribution in [-0.4, -0.2) is 46.7 Å². The third kappa shape index (κ3) is 8.85. The fourth-order valence-electron chi connectivity index (χ4n) is 1.40. The molecule has 100 valence electrons. The van der Waals surface area contributed by atoms with Gasteiger partial charge in [0, 0.05) is 13.0 Å². The van der Waals surface area contributed by atoms with Crippen LogP contribution in [0, 0.1) is 0 Å². The van der Waals surface area contributed by atoms with Gasteiger partial charge in [-0.1, -0.05) is 12.5 Å². The van der Waals surface area contributed by atoms with E-state index in [-0.39, 0.29) is 13.0 Å². The molecule has 17 heavy (non-hydrogen) atoms. The number of aliphatic hydroxyl groups excluding tert-OH is 2. The first-order valence-corrected chi connectivity index (χ1v) is 5.85. The normalized spacial score (nSPS) is 14.2. The maximum absolute atomic E-state index is 10.2. The van der Waals surface area contributed by atoms with Gasteiger partial charge in [-0.15, -0.1) is 6.58 Å². The lowest BCUT2D eigenvalue weighted by Gasteiger charge is -2.20. The van der Waals surface area contributed by atoms with E-state index in [1.165, 1.54) is 0 Å². The second-order valence-corrected chi connectivity index (χ2v) is 3.89. The Morgan fingerprint density at radius 1 is 1.35 bits per heavy atom. The lowest BCUT2D eigenvalue weighted by molar-refractivity contribution is -0.137. The maximum atomic E-state index is 10.2. The number of ether oxygens (including phenoxy) is 1. The molecule has 0 saturated carbocycles. The molecule has 0 amide bonds. The first-order chi connectivity index (χ1) is 8.11. The smallest absolute Gasteiger partial charge is 0.303 e. The number of carboxylic acid groups (broad SMARTS) is 1. The summed E-state index contributed by atoms with van der Waals surface area (Å²) in [6.45, 7) is 3.69. The molecule has 2 atom stereocenters. The molecule has 0 rings (SSSR count). The second-order valence-electron chi connectivity index (χ2n) is 3.89. The van der Waals surface area contributed by atoms with Crippen LogP contribution in [0.1, 0.15) is 32.1 Å². The molecule has 0 aromatic rings. The van der Waals surface area contributed by atoms with Gasteiger partial charge in [0.05, 0.1) is 12.7 Å². The standard InChI is InChI=1S/C12H22O5/c1-2-6-10(14)11(9-13)17-8-5-3-4-7-12(15)16/h2,10-11,13-14H,1,3-9H2,(H,15,16). The van der Waals surface area contributed by atoms with Crippen LogP contribution in [-0.2, 0) is 9.53 Å². The Hall–Kier alpha value is -0.910. The number of carboxylic acids is 1. The van der Waals surface area contributed by atoms with Gasteiger partial charge in [-0.2, -0.15) is 0 Å². The lowest BCUT2D eigenvalue weighted by Crippen LogP contribution is -2.32. The summed E-state index contributed by atoms with van der Waals surface area (Å²) in [5.41, 5.74) is 0. The van der Waals surface area contributed by atoms with Gasteiger partial charge in [-0.25, -0.2) is 0 Å². The third-order valence-corrected chi connectivity index (χ3v) is 2.38. The van der Waals surface area contributed by atoms with Crippen molar-refractivity contribution >= 4 is 5.97 Å². The van der Waals surface area contributed by atoms with Crippen molar-refractivity contribution in [1.82, 2.24) is 0 Å². The zero-order chi connectivity index (χ0) is 13.1. The number of hydrogen-bond acceptors (Lipinski definition) is 4. The molecule has 2 unspecified atom stereocenters. The van der Waals surface area contributed by atoms with Gasteiger partial charge in [0.1, 0.15) is 6.10 Å². The molecular formula is C12H22O5. The number of carbonyl (C=O) groups is 1. The fourth-order valence-corrected chi connectivity index (χ4v) is 1.40. The minimum atomic E-state index is -0.791. The van der Waals surface area contributed by atoms with Crippen molar-refractivity contribution in [3.8, 4) is 0 Å². The molecule has 5 nitrogen and oxygen atoms in total. The fraction of sp³-hybridized carbons (Fsp3) is 0.750. The quantitative estimate of drug-likeness (QED) is 0.373. The van der Waals surface area contributed by atoms with Crippen LogP contribution in [0.25, 0.3) is 0 Å². The zero-order valence-corrected chi connectivity index (χ0v) is 10.0. The summed E-state index contributed by atoms with van der Waals surface area (Å²) in [6, 6.07) is 0. The van der Waals surface area contributed by atoms with Crippen LogP contribution >= 0.6 is 0 Å². The molecule has 0 aromatic carbocycles. The minimum Gasteiger partial charge on any atom is -0.481 e. The summed E-state index contributed by atoms with van der Waals surface area (Å²) in [7, 11) is 0. The average Bonchev–Trinajstić information content (AvgIpc) is 2.28. The lowest BCUT2D eigenvalue weighted by atomic mass is 10.1. The Bertz CT molecular complexity index is 217. The van der Waals surface area contributed by atoms with Gasteiger partial charge in [-0.05, 0) is 19.3 Å². The summed E-state index contributed by atoms with van der Waals surface area (Å²) in [5.74, 6) is -0.791. The van der Waals surface area contributed by atoms with Gasteiger partial charge in [-0.3, -0.25) is 4.79 Å². The third-order valence-electron chi connectivity index (χ3n) is 2.38. The highest BCUT2D eigenvalue weighted by atomic mass is 16.5. The molecule has 3 N–H and O–H groups in total. The van der Waals surface area contributed by atoms with Crippen molar-refractivity contribution in [2.24, 2.45) is 0 Å². The summed E-state index contributed by atoms with van der Waals surface area (Å²) in [5, 5.41) is 27.0. The maximum Gasteiger partial charge on any atom is 0.303 e. The van der Waals surface area contributed by atoms with E-state index >= 15 is 0 Å². The van der Waals surface area contributed by atoms with E-state index in [1.54, 1.807) is 6.08 Å². The van der Waals surface area contributed by atoms with E-state index in [2.05, 4.69) is 6.58 Å². The van der Waals surface area contributed by atoms with Crippen molar-refractivity contribution < 1.29 is 24.9 Å². The van der Waals surface area contributed by atoms with E-state index in [9.17, 15) is 9.90 Å². The molecular weight excluding hydrogens is 224 g/mol. The van der Waals surface area contributed by atoms with Crippen LogP contribution in [0.5, 0.6) is 0 Å². The van der Waals surface area contributed by atoms with Gasteiger partial charge >= 0.3 is 5.97 Å². The van der Waals surface area contributed by atoms with E-state index in [4.69, 9.17) is 14.9 Å². The van der Waals surface area contributed by atoms with Crippen molar-refractivity contribution in [1.29, 1.82) is 0 Å². The largest absolute Gasteiger partial charge is 0.481 e. The van der Waals surface area contributed by atoms with E-state index in [0.29, 0.717) is 19.4 Å². The molecule has 0 aliphatic carbocycles. The Kier molecular flexibility index (Phi) is 9.71. The SMILES string of the molecule is C=CCC(O)C(CO)OCCCCCC(=O)O. The molecule has 0 fully saturated rings. The summed E-state index contributed by atoms with van der Waals surface area (Å²) in [6.07, 6.45) is 2.91. The predicted octanol–water partition coefficient (Wildman–Crippen LogP) is 0.946. The molecule has 0 radical (unpaired) electrons. The minimum absolute atomic E-state index is 0.169. The molecule has 0 aromatic heterocycles. The van der Waals surface area contributed by atoms with Crippen LogP contribution in [0.2, 0.25) is 0 Å². The van der Waals surface area contributed by atoms with Gasteiger partial charge < -0.3 is 20.1 Å². The van der Waals surface area contributed by atoms with Crippen molar-refractivity contribution in [3.05, 3.63) is 12.7 Å². The number of aliphatic carboxylic acids is 1. The number of rotatable bonds is 11. The Morgan fingerprint density at radius 2 is 2.06 bits per heavy atom. The molecule has 0 aliphatic heterocycles. The Labute approximate surface area is 102 Å². The van der Waals surface area contributed by atoms with Crippen molar-refractivity contribution in [3.63, 3.8) is 0 Å². The number of unbranched alkanes of at least 4 members (excludes halogenated alkanes) is 2. The summed E-state index contributed by atoms with van der Waals surface area (Å²) < 4.78 is 5.32. The average molecular weight is 246 g/mol.